The van der Waals surface area contributed by atoms with Crippen LogP contribution in [0, 0.1) is 0 Å². The van der Waals surface area contributed by atoms with Crippen LogP contribution in [0.15, 0.2) is 64.0 Å². The minimum Gasteiger partial charge on any atom is -1.00 e. The molecule has 164 valence electrons. The maximum absolute atomic E-state index is 2.60. The van der Waals surface area contributed by atoms with Crippen molar-refractivity contribution in [2.45, 2.75) is 63.7 Å². The van der Waals surface area contributed by atoms with Crippen LogP contribution in [0.25, 0.3) is 11.1 Å². The topological polar surface area (TPSA) is 3.24 Å². The predicted octanol–water partition coefficient (Wildman–Crippen LogP) is 1.06. The zero-order valence-electron chi connectivity index (χ0n) is 19.4. The van der Waals surface area contributed by atoms with Crippen LogP contribution in [0.5, 0.6) is 0 Å². The van der Waals surface area contributed by atoms with Crippen LogP contribution in [0.2, 0.25) is 0 Å². The van der Waals surface area contributed by atoms with E-state index in [1.54, 1.807) is 17.6 Å². The number of nitrogens with zero attached hydrogens (tertiary/aromatic N) is 1. The largest absolute Gasteiger partial charge is 1.00 e. The number of benzene rings is 2. The van der Waals surface area contributed by atoms with Gasteiger partial charge in [-0.25, -0.2) is 0 Å². The molecule has 1 nitrogen and oxygen atoms in total. The molecule has 0 saturated carbocycles. The summed E-state index contributed by atoms with van der Waals surface area (Å²) in [6.45, 7) is 14.1. The molecular weight excluding hydrogens is 500 g/mol. The van der Waals surface area contributed by atoms with E-state index < -0.39 is 21.3 Å². The van der Waals surface area contributed by atoms with E-state index in [4.69, 9.17) is 0 Å². The number of fused-ring (bicyclic) bond motifs is 3. The standard InChI is InChI=1S/C19H22N.C5H5.C3H6.2ClH.Zr/c1-13(2)20(14(3)4)18-11-7-9-16-12-15-8-5-6-10-17(15)19(16)18;1-2-4-5-3-1;1-3-2;;;/h5-14H,1-4H3;1-3H,4H2;1-2H3;2*1H;/q;;;;;+2/p-2. The van der Waals surface area contributed by atoms with Gasteiger partial charge in [-0.15, -0.1) is 0 Å². The van der Waals surface area contributed by atoms with Gasteiger partial charge in [-0.05, 0) is 0 Å². The SMILES string of the molecule is C[C](C)=[Zr+2]([C]1=CC=CC1)[CH]1c2ccccc2-c2c1cccc2N(C(C)C)C(C)C.[Cl-].[Cl-]. The quantitative estimate of drug-likeness (QED) is 0.556. The number of hydrogen-bond donors (Lipinski definition) is 0. The van der Waals surface area contributed by atoms with Crippen LogP contribution in [0.1, 0.15) is 62.7 Å². The Hall–Kier alpha value is -0.947. The minimum atomic E-state index is -2.02. The summed E-state index contributed by atoms with van der Waals surface area (Å²) >= 11 is -2.02. The fraction of sp³-hybridized carbons (Fsp3) is 0.370. The van der Waals surface area contributed by atoms with E-state index in [-0.39, 0.29) is 24.8 Å². The van der Waals surface area contributed by atoms with Gasteiger partial charge in [0, 0.05) is 0 Å². The Morgan fingerprint density at radius 3 is 2.13 bits per heavy atom. The Kier molecular flexibility index (Phi) is 9.15. The van der Waals surface area contributed by atoms with Crippen LogP contribution < -0.4 is 29.7 Å². The third kappa shape index (κ3) is 4.73. The minimum absolute atomic E-state index is 0. The normalized spacial score (nSPS) is 15.5. The van der Waals surface area contributed by atoms with Crippen molar-refractivity contribution in [1.82, 2.24) is 0 Å². The second kappa shape index (κ2) is 10.8. The second-order valence-corrected chi connectivity index (χ2v) is 16.6. The summed E-state index contributed by atoms with van der Waals surface area (Å²) < 4.78 is 4.04. The predicted molar refractivity (Wildman–Crippen MR) is 125 cm³/mol. The van der Waals surface area contributed by atoms with Crippen molar-refractivity contribution in [3.8, 4) is 11.1 Å². The molecule has 0 heterocycles. The molecule has 2 aliphatic rings. The van der Waals surface area contributed by atoms with E-state index >= 15 is 0 Å². The molecule has 0 N–H and O–H groups in total. The van der Waals surface area contributed by atoms with Crippen LogP contribution >= 0.6 is 0 Å². The number of halogens is 2. The zero-order valence-corrected chi connectivity index (χ0v) is 23.4. The molecular formula is C27H33Cl2NZr. The van der Waals surface area contributed by atoms with E-state index in [9.17, 15) is 0 Å². The monoisotopic (exact) mass is 531 g/mol. The number of rotatable bonds is 5. The van der Waals surface area contributed by atoms with Gasteiger partial charge in [0.25, 0.3) is 0 Å². The van der Waals surface area contributed by atoms with Crippen molar-refractivity contribution in [3.63, 3.8) is 0 Å². The molecule has 31 heavy (non-hydrogen) atoms. The van der Waals surface area contributed by atoms with Gasteiger partial charge < -0.3 is 24.8 Å². The molecule has 4 rings (SSSR count). The van der Waals surface area contributed by atoms with Gasteiger partial charge in [0.2, 0.25) is 0 Å². The molecule has 0 spiro atoms. The average Bonchev–Trinajstić information content (AvgIpc) is 3.29. The van der Waals surface area contributed by atoms with Crippen molar-refractivity contribution in [2.24, 2.45) is 0 Å². The average molecular weight is 534 g/mol. The molecule has 1 atom stereocenters. The first-order valence-electron chi connectivity index (χ1n) is 11.0. The summed E-state index contributed by atoms with van der Waals surface area (Å²) in [5, 5.41) is 0. The van der Waals surface area contributed by atoms with Crippen LogP contribution in [0.3, 0.4) is 0 Å². The first-order valence-corrected chi connectivity index (χ1v) is 14.8. The summed E-state index contributed by atoms with van der Waals surface area (Å²) in [7, 11) is 0. The van der Waals surface area contributed by atoms with Gasteiger partial charge in [0.1, 0.15) is 0 Å². The third-order valence-corrected chi connectivity index (χ3v) is 14.5. The molecule has 4 heteroatoms. The molecule has 0 aromatic heterocycles. The summed E-state index contributed by atoms with van der Waals surface area (Å²) in [5.74, 6) is 0. The third-order valence-electron chi connectivity index (χ3n) is 6.26. The van der Waals surface area contributed by atoms with Gasteiger partial charge in [0.15, 0.2) is 0 Å². The fourth-order valence-electron chi connectivity index (χ4n) is 5.36. The van der Waals surface area contributed by atoms with E-state index in [2.05, 4.69) is 107 Å². The van der Waals surface area contributed by atoms with Gasteiger partial charge in [-0.3, -0.25) is 0 Å². The molecule has 2 aliphatic carbocycles. The molecule has 0 aliphatic heterocycles. The van der Waals surface area contributed by atoms with Crippen molar-refractivity contribution >= 4 is 8.89 Å². The molecule has 0 saturated heterocycles. The second-order valence-electron chi connectivity index (χ2n) is 9.09. The summed E-state index contributed by atoms with van der Waals surface area (Å²) in [6.07, 6.45) is 8.21. The molecule has 0 amide bonds. The van der Waals surface area contributed by atoms with Gasteiger partial charge in [0.05, 0.1) is 0 Å². The first kappa shape index (κ1) is 26.3. The Labute approximate surface area is 208 Å². The van der Waals surface area contributed by atoms with Crippen molar-refractivity contribution in [3.05, 3.63) is 75.1 Å². The Morgan fingerprint density at radius 1 is 0.903 bits per heavy atom. The Bertz CT molecular complexity index is 1020. The molecule has 2 aromatic rings. The Morgan fingerprint density at radius 2 is 1.55 bits per heavy atom. The zero-order chi connectivity index (χ0) is 20.7. The van der Waals surface area contributed by atoms with E-state index in [1.165, 1.54) is 16.8 Å². The van der Waals surface area contributed by atoms with Gasteiger partial charge in [-0.1, -0.05) is 0 Å². The maximum Gasteiger partial charge on any atom is -1.00 e. The molecule has 0 radical (unpaired) electrons. The molecule has 1 unspecified atom stereocenters. The van der Waals surface area contributed by atoms with E-state index in [1.807, 2.05) is 0 Å². The van der Waals surface area contributed by atoms with Crippen molar-refractivity contribution in [1.29, 1.82) is 0 Å². The number of allylic oxidation sites excluding steroid dienone is 4. The van der Waals surface area contributed by atoms with E-state index in [0.717, 1.165) is 6.42 Å². The molecule has 0 fully saturated rings. The number of anilines is 1. The summed E-state index contributed by atoms with van der Waals surface area (Å²) in [6, 6.07) is 17.3. The first-order chi connectivity index (χ1) is 13.9. The smallest absolute Gasteiger partial charge is 1.00 e. The molecule has 0 bridgehead atoms. The fourth-order valence-corrected chi connectivity index (χ4v) is 13.5. The van der Waals surface area contributed by atoms with E-state index in [0.29, 0.717) is 15.7 Å². The van der Waals surface area contributed by atoms with Crippen molar-refractivity contribution in [2.75, 3.05) is 4.90 Å². The Balaban J connectivity index is 0.00000171. The van der Waals surface area contributed by atoms with Crippen LogP contribution in [-0.2, 0) is 21.3 Å². The number of hydrogen-bond acceptors (Lipinski definition) is 1. The van der Waals surface area contributed by atoms with Gasteiger partial charge >= 0.3 is 185 Å². The van der Waals surface area contributed by atoms with Crippen LogP contribution in [-0.4, -0.2) is 15.3 Å². The summed E-state index contributed by atoms with van der Waals surface area (Å²) in [5.41, 5.74) is 7.54. The van der Waals surface area contributed by atoms with Gasteiger partial charge in [-0.2, -0.15) is 0 Å². The van der Waals surface area contributed by atoms with Crippen molar-refractivity contribution < 1.29 is 46.1 Å². The molecule has 2 aromatic carbocycles. The maximum atomic E-state index is 2.60. The summed E-state index contributed by atoms with van der Waals surface area (Å²) in [4.78, 5) is 2.60. The van der Waals surface area contributed by atoms with Crippen LogP contribution in [0.4, 0.5) is 5.69 Å².